The van der Waals surface area contributed by atoms with Crippen molar-refractivity contribution in [2.75, 3.05) is 13.2 Å². The first-order valence-corrected chi connectivity index (χ1v) is 10.4. The van der Waals surface area contributed by atoms with E-state index in [0.717, 1.165) is 25.7 Å². The van der Waals surface area contributed by atoms with E-state index in [9.17, 15) is 14.4 Å². The lowest BCUT2D eigenvalue weighted by molar-refractivity contribution is 0.0476. The zero-order chi connectivity index (χ0) is 20.3. The maximum Gasteiger partial charge on any atom is 0.348 e. The van der Waals surface area contributed by atoms with Gasteiger partial charge in [0.25, 0.3) is 0 Å². The number of hydrogen-bond donors (Lipinski definition) is 1. The summed E-state index contributed by atoms with van der Waals surface area (Å²) >= 11 is 1.46. The van der Waals surface area contributed by atoms with Crippen molar-refractivity contribution in [3.05, 3.63) is 43.9 Å². The number of thiophene rings is 1. The number of nitrogens with one attached hydrogen (secondary N) is 1. The van der Waals surface area contributed by atoms with Gasteiger partial charge in [0.15, 0.2) is 6.61 Å². The topological polar surface area (TPSA) is 85.5 Å². The van der Waals surface area contributed by atoms with Crippen LogP contribution in [0.5, 0.6) is 0 Å². The molecular formula is C21H25NO5S. The number of aryl methyl sites for hydroxylation is 4. The molecule has 0 atom stereocenters. The van der Waals surface area contributed by atoms with E-state index in [-0.39, 0.29) is 17.7 Å². The first-order valence-electron chi connectivity index (χ1n) is 9.60. The number of fused-ring (bicyclic) bond motifs is 1. The van der Waals surface area contributed by atoms with Crippen molar-refractivity contribution in [1.29, 1.82) is 0 Å². The molecule has 2 aromatic rings. The van der Waals surface area contributed by atoms with Crippen molar-refractivity contribution < 1.29 is 23.9 Å². The monoisotopic (exact) mass is 403 g/mol. The minimum atomic E-state index is -0.555. The summed E-state index contributed by atoms with van der Waals surface area (Å²) in [5.74, 6) is -1.47. The molecule has 2 aromatic heterocycles. The van der Waals surface area contributed by atoms with Crippen LogP contribution in [0.2, 0.25) is 0 Å². The number of carbonyl (C=O) groups is 3. The molecule has 0 fully saturated rings. The lowest BCUT2D eigenvalue weighted by atomic mass is 10.1. The van der Waals surface area contributed by atoms with Crippen LogP contribution in [0.3, 0.4) is 0 Å². The second-order valence-corrected chi connectivity index (χ2v) is 8.10. The average molecular weight is 404 g/mol. The molecule has 1 N–H and O–H groups in total. The van der Waals surface area contributed by atoms with Crippen LogP contribution in [0, 0.1) is 13.8 Å². The van der Waals surface area contributed by atoms with Gasteiger partial charge in [-0.15, -0.1) is 11.3 Å². The third-order valence-corrected chi connectivity index (χ3v) is 6.13. The molecule has 0 saturated heterocycles. The van der Waals surface area contributed by atoms with Crippen LogP contribution in [0.15, 0.2) is 6.07 Å². The molecule has 0 aromatic carbocycles. The number of aromatic amines is 1. The number of ether oxygens (including phenoxy) is 2. The smallest absolute Gasteiger partial charge is 0.348 e. The first kappa shape index (κ1) is 20.3. The fraction of sp³-hybridized carbons (Fsp3) is 0.476. The lowest BCUT2D eigenvalue weighted by Gasteiger charge is -2.06. The Kier molecular flexibility index (Phi) is 6.34. The third kappa shape index (κ3) is 4.19. The van der Waals surface area contributed by atoms with Gasteiger partial charge in [-0.25, -0.2) is 9.59 Å². The van der Waals surface area contributed by atoms with E-state index < -0.39 is 24.3 Å². The van der Waals surface area contributed by atoms with Crippen LogP contribution in [0.1, 0.15) is 78.4 Å². The Hall–Kier alpha value is -2.41. The molecule has 6 nitrogen and oxygen atoms in total. The Labute approximate surface area is 168 Å². The molecule has 150 valence electrons. The van der Waals surface area contributed by atoms with Gasteiger partial charge in [0.1, 0.15) is 4.88 Å². The summed E-state index contributed by atoms with van der Waals surface area (Å²) in [7, 11) is 0. The number of Topliss-reactive ketones (excluding diaryl/α,β-unsaturated/α-hetero) is 1. The molecule has 3 rings (SSSR count). The predicted octanol–water partition coefficient (Wildman–Crippen LogP) is 4.18. The lowest BCUT2D eigenvalue weighted by Crippen LogP contribution is -2.17. The van der Waals surface area contributed by atoms with Crippen molar-refractivity contribution in [2.45, 2.75) is 52.9 Å². The van der Waals surface area contributed by atoms with Crippen molar-refractivity contribution >= 4 is 29.1 Å². The highest BCUT2D eigenvalue weighted by Gasteiger charge is 2.26. The minimum absolute atomic E-state index is 0.211. The number of rotatable bonds is 6. The van der Waals surface area contributed by atoms with Gasteiger partial charge in [-0.3, -0.25) is 4.79 Å². The first-order chi connectivity index (χ1) is 13.4. The average Bonchev–Trinajstić information content (AvgIpc) is 3.11. The van der Waals surface area contributed by atoms with E-state index >= 15 is 0 Å². The highest BCUT2D eigenvalue weighted by atomic mass is 32.1. The molecule has 7 heteroatoms. The standard InChI is InChI=1S/C21H25NO5S/c1-4-26-21(25)19-13(3)22-12(2)18(19)15(23)11-27-20(24)17-10-14-8-6-5-7-9-16(14)28-17/h10,22H,4-9,11H2,1-3H3. The number of ketones is 1. The molecule has 0 unspecified atom stereocenters. The molecule has 0 aliphatic heterocycles. The summed E-state index contributed by atoms with van der Waals surface area (Å²) in [6.07, 6.45) is 5.48. The fourth-order valence-electron chi connectivity index (χ4n) is 3.63. The predicted molar refractivity (Wildman–Crippen MR) is 106 cm³/mol. The van der Waals surface area contributed by atoms with Gasteiger partial charge < -0.3 is 14.5 Å². The summed E-state index contributed by atoms with van der Waals surface area (Å²) in [5.41, 5.74) is 2.79. The summed E-state index contributed by atoms with van der Waals surface area (Å²) in [5, 5.41) is 0. The molecule has 0 amide bonds. The van der Waals surface area contributed by atoms with Gasteiger partial charge in [0, 0.05) is 16.3 Å². The van der Waals surface area contributed by atoms with Gasteiger partial charge in [0.05, 0.1) is 17.7 Å². The van der Waals surface area contributed by atoms with Crippen LogP contribution < -0.4 is 0 Å². The molecule has 0 spiro atoms. The number of hydrogen-bond acceptors (Lipinski definition) is 6. The summed E-state index contributed by atoms with van der Waals surface area (Å²) in [6, 6.07) is 1.90. The Balaban J connectivity index is 1.71. The maximum absolute atomic E-state index is 12.7. The van der Waals surface area contributed by atoms with Gasteiger partial charge in [-0.2, -0.15) is 0 Å². The minimum Gasteiger partial charge on any atom is -0.462 e. The Bertz CT molecular complexity index is 885. The third-order valence-electron chi connectivity index (χ3n) is 4.92. The summed E-state index contributed by atoms with van der Waals surface area (Å²) in [4.78, 5) is 42.1. The van der Waals surface area contributed by atoms with E-state index in [1.165, 1.54) is 28.2 Å². The number of esters is 2. The van der Waals surface area contributed by atoms with E-state index in [1.54, 1.807) is 20.8 Å². The Morgan fingerprint density at radius 3 is 2.46 bits per heavy atom. The van der Waals surface area contributed by atoms with Crippen LogP contribution in [0.25, 0.3) is 0 Å². The second-order valence-electron chi connectivity index (χ2n) is 6.96. The molecular weight excluding hydrogens is 378 g/mol. The number of aromatic nitrogens is 1. The van der Waals surface area contributed by atoms with Crippen LogP contribution in [-0.4, -0.2) is 35.9 Å². The normalized spacial score (nSPS) is 13.5. The van der Waals surface area contributed by atoms with Gasteiger partial charge in [-0.05, 0) is 58.1 Å². The Morgan fingerprint density at radius 2 is 1.71 bits per heavy atom. The number of H-pyrrole nitrogens is 1. The highest BCUT2D eigenvalue weighted by Crippen LogP contribution is 2.29. The molecule has 0 bridgehead atoms. The van der Waals surface area contributed by atoms with E-state index in [4.69, 9.17) is 9.47 Å². The van der Waals surface area contributed by atoms with E-state index in [1.807, 2.05) is 6.07 Å². The quantitative estimate of drug-likeness (QED) is 0.444. The van der Waals surface area contributed by atoms with Crippen molar-refractivity contribution in [3.63, 3.8) is 0 Å². The second kappa shape index (κ2) is 8.73. The molecule has 0 saturated carbocycles. The largest absolute Gasteiger partial charge is 0.462 e. The molecule has 1 aliphatic carbocycles. The van der Waals surface area contributed by atoms with Gasteiger partial charge in [0.2, 0.25) is 5.78 Å². The molecule has 1 aliphatic rings. The Morgan fingerprint density at radius 1 is 1.00 bits per heavy atom. The van der Waals surface area contributed by atoms with Crippen LogP contribution in [-0.2, 0) is 22.3 Å². The van der Waals surface area contributed by atoms with Crippen molar-refractivity contribution in [2.24, 2.45) is 0 Å². The van der Waals surface area contributed by atoms with E-state index in [0.29, 0.717) is 16.3 Å². The maximum atomic E-state index is 12.7. The molecule has 28 heavy (non-hydrogen) atoms. The van der Waals surface area contributed by atoms with Gasteiger partial charge in [-0.1, -0.05) is 6.42 Å². The zero-order valence-corrected chi connectivity index (χ0v) is 17.3. The van der Waals surface area contributed by atoms with Crippen LogP contribution in [0.4, 0.5) is 0 Å². The van der Waals surface area contributed by atoms with Crippen molar-refractivity contribution in [1.82, 2.24) is 4.98 Å². The molecule has 0 radical (unpaired) electrons. The van der Waals surface area contributed by atoms with Crippen molar-refractivity contribution in [3.8, 4) is 0 Å². The fourth-order valence-corrected chi connectivity index (χ4v) is 4.78. The molecule has 2 heterocycles. The summed E-state index contributed by atoms with van der Waals surface area (Å²) in [6.45, 7) is 4.93. The summed E-state index contributed by atoms with van der Waals surface area (Å²) < 4.78 is 10.3. The van der Waals surface area contributed by atoms with Gasteiger partial charge >= 0.3 is 11.9 Å². The SMILES string of the molecule is CCOC(=O)c1c(C)[nH]c(C)c1C(=O)COC(=O)c1cc2c(s1)CCCCC2. The zero-order valence-electron chi connectivity index (χ0n) is 16.5. The highest BCUT2D eigenvalue weighted by molar-refractivity contribution is 7.14. The van der Waals surface area contributed by atoms with E-state index in [2.05, 4.69) is 4.98 Å². The van der Waals surface area contributed by atoms with Crippen LogP contribution >= 0.6 is 11.3 Å². The number of carbonyl (C=O) groups excluding carboxylic acids is 3.